The van der Waals surface area contributed by atoms with Crippen LogP contribution in [0.1, 0.15) is 26.3 Å². The molecule has 3 aromatic rings. The fraction of sp³-hybridized carbons (Fsp3) is 0.0435. The number of fused-ring (bicyclic) bond motifs is 1. The molecular formula is C23H15ClO7S. The predicted molar refractivity (Wildman–Crippen MR) is 116 cm³/mol. The molecule has 4 rings (SSSR count). The second-order valence-electron chi connectivity index (χ2n) is 6.70. The van der Waals surface area contributed by atoms with E-state index in [1.807, 2.05) is 0 Å². The van der Waals surface area contributed by atoms with Crippen LogP contribution in [0.3, 0.4) is 0 Å². The van der Waals surface area contributed by atoms with Gasteiger partial charge < -0.3 is 13.7 Å². The summed E-state index contributed by atoms with van der Waals surface area (Å²) in [6, 6.07) is 16.1. The zero-order valence-electron chi connectivity index (χ0n) is 16.6. The Hall–Kier alpha value is -3.62. The van der Waals surface area contributed by atoms with Crippen LogP contribution < -0.4 is 8.92 Å². The number of allylic oxidation sites excluding steroid dienone is 1. The number of esters is 1. The lowest BCUT2D eigenvalue weighted by Crippen LogP contribution is -2.09. The van der Waals surface area contributed by atoms with E-state index in [0.29, 0.717) is 16.1 Å². The van der Waals surface area contributed by atoms with Crippen molar-refractivity contribution >= 4 is 39.5 Å². The Kier molecular flexibility index (Phi) is 5.73. The molecule has 1 heterocycles. The van der Waals surface area contributed by atoms with E-state index in [4.69, 9.17) is 20.5 Å². The summed E-state index contributed by atoms with van der Waals surface area (Å²) in [5.41, 5.74) is 1.29. The van der Waals surface area contributed by atoms with Crippen LogP contribution in [-0.2, 0) is 14.9 Å². The molecule has 0 N–H and O–H groups in total. The van der Waals surface area contributed by atoms with Crippen LogP contribution >= 0.6 is 11.6 Å². The number of hydrogen-bond acceptors (Lipinski definition) is 7. The second kappa shape index (κ2) is 8.49. The van der Waals surface area contributed by atoms with Gasteiger partial charge in [0.15, 0.2) is 5.76 Å². The number of halogens is 1. The maximum Gasteiger partial charge on any atom is 0.339 e. The minimum atomic E-state index is -4.09. The van der Waals surface area contributed by atoms with E-state index in [-0.39, 0.29) is 33.5 Å². The molecule has 0 aliphatic carbocycles. The third-order valence-corrected chi connectivity index (χ3v) is 6.09. The summed E-state index contributed by atoms with van der Waals surface area (Å²) >= 11 is 5.79. The Morgan fingerprint density at radius 1 is 1.00 bits per heavy atom. The highest BCUT2D eigenvalue weighted by Crippen LogP contribution is 2.35. The fourth-order valence-electron chi connectivity index (χ4n) is 2.98. The van der Waals surface area contributed by atoms with Gasteiger partial charge in [0.2, 0.25) is 5.78 Å². The summed E-state index contributed by atoms with van der Waals surface area (Å²) in [6.07, 6.45) is 1.52. The zero-order valence-corrected chi connectivity index (χ0v) is 18.1. The van der Waals surface area contributed by atoms with E-state index >= 15 is 0 Å². The molecule has 0 bridgehead atoms. The van der Waals surface area contributed by atoms with Gasteiger partial charge in [0.05, 0.1) is 18.2 Å². The van der Waals surface area contributed by atoms with E-state index in [1.54, 1.807) is 24.3 Å². The van der Waals surface area contributed by atoms with Crippen molar-refractivity contribution in [3.8, 4) is 11.5 Å². The van der Waals surface area contributed by atoms with Crippen LogP contribution in [0.25, 0.3) is 6.08 Å². The quantitative estimate of drug-likeness (QED) is 0.307. The lowest BCUT2D eigenvalue weighted by atomic mass is 10.1. The van der Waals surface area contributed by atoms with Gasteiger partial charge in [-0.05, 0) is 60.2 Å². The highest BCUT2D eigenvalue weighted by Gasteiger charge is 2.28. The molecule has 0 atom stereocenters. The zero-order chi connectivity index (χ0) is 22.9. The number of carbonyl (C=O) groups is 2. The molecule has 32 heavy (non-hydrogen) atoms. The summed E-state index contributed by atoms with van der Waals surface area (Å²) in [4.78, 5) is 24.1. The molecule has 1 aliphatic rings. The Morgan fingerprint density at radius 2 is 1.69 bits per heavy atom. The molecular weight excluding hydrogens is 456 g/mol. The number of rotatable bonds is 5. The van der Waals surface area contributed by atoms with E-state index in [1.165, 1.54) is 55.7 Å². The van der Waals surface area contributed by atoms with Gasteiger partial charge in [-0.3, -0.25) is 4.79 Å². The van der Waals surface area contributed by atoms with Crippen LogP contribution in [0.2, 0.25) is 5.02 Å². The average molecular weight is 471 g/mol. The molecule has 0 saturated heterocycles. The van der Waals surface area contributed by atoms with Crippen LogP contribution in [0.5, 0.6) is 11.5 Å². The first-order valence-corrected chi connectivity index (χ1v) is 11.0. The molecule has 7 nitrogen and oxygen atoms in total. The summed E-state index contributed by atoms with van der Waals surface area (Å²) in [5, 5.41) is 0.396. The summed E-state index contributed by atoms with van der Waals surface area (Å²) in [6.45, 7) is 0. The highest BCUT2D eigenvalue weighted by atomic mass is 35.5. The van der Waals surface area contributed by atoms with E-state index in [0.717, 1.165) is 0 Å². The molecule has 0 spiro atoms. The standard InChI is InChI=1S/C23H15ClO7S/c1-29-23(26)15-4-2-14(3-5-15)12-21-22(25)19-11-8-17(13-20(19)30-21)31-32(27,28)18-9-6-16(24)7-10-18/h2-13H,1H3. The Morgan fingerprint density at radius 3 is 2.34 bits per heavy atom. The fourth-order valence-corrected chi connectivity index (χ4v) is 4.03. The van der Waals surface area contributed by atoms with Gasteiger partial charge >= 0.3 is 16.1 Å². The van der Waals surface area contributed by atoms with E-state index in [2.05, 4.69) is 4.74 Å². The molecule has 0 unspecified atom stereocenters. The van der Waals surface area contributed by atoms with Gasteiger partial charge in [-0.25, -0.2) is 4.79 Å². The number of ketones is 1. The summed E-state index contributed by atoms with van der Waals surface area (Å²) < 4.78 is 40.4. The van der Waals surface area contributed by atoms with Crippen LogP contribution in [-0.4, -0.2) is 27.3 Å². The molecule has 0 amide bonds. The Balaban J connectivity index is 1.55. The first-order valence-electron chi connectivity index (χ1n) is 9.23. The molecule has 1 aliphatic heterocycles. The normalized spacial score (nSPS) is 14.1. The van der Waals surface area contributed by atoms with Gasteiger partial charge in [0.25, 0.3) is 0 Å². The van der Waals surface area contributed by atoms with Crippen LogP contribution in [0.15, 0.2) is 77.4 Å². The van der Waals surface area contributed by atoms with E-state index in [9.17, 15) is 18.0 Å². The third-order valence-electron chi connectivity index (χ3n) is 4.58. The summed E-state index contributed by atoms with van der Waals surface area (Å²) in [5.74, 6) is -0.593. The Bertz CT molecular complexity index is 1340. The number of carbonyl (C=O) groups excluding carboxylic acids is 2. The first kappa shape index (κ1) is 21.6. The van der Waals surface area contributed by atoms with Crippen molar-refractivity contribution in [2.75, 3.05) is 7.11 Å². The number of Topliss-reactive ketones (excluding diaryl/α,β-unsaturated/α-hetero) is 1. The maximum absolute atomic E-state index is 12.6. The number of ether oxygens (including phenoxy) is 2. The number of hydrogen-bond donors (Lipinski definition) is 0. The van der Waals surface area contributed by atoms with Gasteiger partial charge in [-0.2, -0.15) is 8.42 Å². The van der Waals surface area contributed by atoms with Crippen molar-refractivity contribution in [1.29, 1.82) is 0 Å². The molecule has 0 fully saturated rings. The predicted octanol–water partition coefficient (Wildman–Crippen LogP) is 4.51. The molecule has 162 valence electrons. The largest absolute Gasteiger partial charge is 0.465 e. The smallest absolute Gasteiger partial charge is 0.339 e. The monoisotopic (exact) mass is 470 g/mol. The van der Waals surface area contributed by atoms with Crippen molar-refractivity contribution in [3.63, 3.8) is 0 Å². The lowest BCUT2D eigenvalue weighted by Gasteiger charge is -2.08. The van der Waals surface area contributed by atoms with Gasteiger partial charge in [-0.1, -0.05) is 23.7 Å². The van der Waals surface area contributed by atoms with Crippen molar-refractivity contribution in [1.82, 2.24) is 0 Å². The maximum atomic E-state index is 12.6. The second-order valence-corrected chi connectivity index (χ2v) is 8.69. The summed E-state index contributed by atoms with van der Waals surface area (Å²) in [7, 11) is -2.80. The SMILES string of the molecule is COC(=O)c1ccc(C=C2Oc3cc(OS(=O)(=O)c4ccc(Cl)cc4)ccc3C2=O)cc1. The minimum Gasteiger partial charge on any atom is -0.465 e. The van der Waals surface area contributed by atoms with E-state index < -0.39 is 16.1 Å². The number of methoxy groups -OCH3 is 1. The van der Waals surface area contributed by atoms with Gasteiger partial charge in [-0.15, -0.1) is 0 Å². The third kappa shape index (κ3) is 4.37. The van der Waals surface area contributed by atoms with Crippen LogP contribution in [0, 0.1) is 0 Å². The molecule has 0 saturated carbocycles. The topological polar surface area (TPSA) is 96.0 Å². The average Bonchev–Trinajstić information content (AvgIpc) is 3.08. The highest BCUT2D eigenvalue weighted by molar-refractivity contribution is 7.87. The van der Waals surface area contributed by atoms with Crippen molar-refractivity contribution in [2.24, 2.45) is 0 Å². The van der Waals surface area contributed by atoms with Gasteiger partial charge in [0.1, 0.15) is 16.4 Å². The molecule has 0 aromatic heterocycles. The molecule has 9 heteroatoms. The van der Waals surface area contributed by atoms with Crippen molar-refractivity contribution in [2.45, 2.75) is 4.90 Å². The minimum absolute atomic E-state index is 0.00446. The Labute approximate surface area is 188 Å². The van der Waals surface area contributed by atoms with Crippen molar-refractivity contribution in [3.05, 3.63) is 94.2 Å². The van der Waals surface area contributed by atoms with Gasteiger partial charge in [0, 0.05) is 11.1 Å². The van der Waals surface area contributed by atoms with Crippen molar-refractivity contribution < 1.29 is 31.7 Å². The molecule has 3 aromatic carbocycles. The first-order chi connectivity index (χ1) is 15.3. The number of benzene rings is 3. The molecule has 0 radical (unpaired) electrons. The lowest BCUT2D eigenvalue weighted by molar-refractivity contribution is 0.0600. The van der Waals surface area contributed by atoms with Crippen LogP contribution in [0.4, 0.5) is 0 Å².